The first kappa shape index (κ1) is 12.2. The molecule has 1 aliphatic carbocycles. The summed E-state index contributed by atoms with van der Waals surface area (Å²) in [7, 11) is 0. The fourth-order valence-electron chi connectivity index (χ4n) is 2.26. The van der Waals surface area contributed by atoms with Gasteiger partial charge >= 0.3 is 5.97 Å². The monoisotopic (exact) mass is 212 g/mol. The topological polar surface area (TPSA) is 43.4 Å². The van der Waals surface area contributed by atoms with E-state index in [-0.39, 0.29) is 11.8 Å². The normalized spacial score (nSPS) is 25.6. The third-order valence-electron chi connectivity index (χ3n) is 2.97. The number of unbranched alkanes of at least 4 members (excludes halogenated alkanes) is 2. The van der Waals surface area contributed by atoms with Crippen molar-refractivity contribution >= 4 is 11.8 Å². The lowest BCUT2D eigenvalue weighted by atomic mass is 9.94. The quantitative estimate of drug-likeness (QED) is 0.519. The zero-order chi connectivity index (χ0) is 11.3. The van der Waals surface area contributed by atoms with Gasteiger partial charge in [0.25, 0.3) is 0 Å². The van der Waals surface area contributed by atoms with E-state index in [1.165, 1.54) is 6.92 Å². The van der Waals surface area contributed by atoms with Gasteiger partial charge in [-0.3, -0.25) is 9.59 Å². The van der Waals surface area contributed by atoms with Gasteiger partial charge in [0, 0.05) is 19.8 Å². The summed E-state index contributed by atoms with van der Waals surface area (Å²) in [6, 6.07) is 0. The number of ether oxygens (including phenoxy) is 1. The SMILES string of the molecule is CCCCCC1(OC(C)=O)CCC(=O)C1. The van der Waals surface area contributed by atoms with Gasteiger partial charge in [-0.1, -0.05) is 19.8 Å². The molecular weight excluding hydrogens is 192 g/mol. The summed E-state index contributed by atoms with van der Waals surface area (Å²) >= 11 is 0. The van der Waals surface area contributed by atoms with E-state index < -0.39 is 5.60 Å². The Morgan fingerprint density at radius 2 is 2.20 bits per heavy atom. The maximum Gasteiger partial charge on any atom is 0.303 e. The summed E-state index contributed by atoms with van der Waals surface area (Å²) in [5.74, 6) is -0.0334. The highest BCUT2D eigenvalue weighted by Crippen LogP contribution is 2.35. The minimum atomic E-state index is -0.460. The van der Waals surface area contributed by atoms with Crippen molar-refractivity contribution in [2.75, 3.05) is 0 Å². The highest BCUT2D eigenvalue weighted by molar-refractivity contribution is 5.82. The van der Waals surface area contributed by atoms with Crippen LogP contribution < -0.4 is 0 Å². The first-order valence-corrected chi connectivity index (χ1v) is 5.79. The lowest BCUT2D eigenvalue weighted by molar-refractivity contribution is -0.157. The van der Waals surface area contributed by atoms with Crippen LogP contribution in [0.15, 0.2) is 0 Å². The van der Waals surface area contributed by atoms with Crippen molar-refractivity contribution in [2.45, 2.75) is 64.4 Å². The Kier molecular flexibility index (Phi) is 4.30. The molecule has 3 heteroatoms. The zero-order valence-electron chi connectivity index (χ0n) is 9.67. The molecule has 15 heavy (non-hydrogen) atoms. The van der Waals surface area contributed by atoms with Crippen LogP contribution in [0.1, 0.15) is 58.8 Å². The molecule has 1 saturated carbocycles. The Balaban J connectivity index is 2.52. The second-order valence-corrected chi connectivity index (χ2v) is 4.45. The Morgan fingerprint density at radius 3 is 2.67 bits per heavy atom. The fourth-order valence-corrected chi connectivity index (χ4v) is 2.26. The second-order valence-electron chi connectivity index (χ2n) is 4.45. The minimum Gasteiger partial charge on any atom is -0.459 e. The van der Waals surface area contributed by atoms with Crippen LogP contribution in [0.3, 0.4) is 0 Å². The number of rotatable bonds is 5. The molecule has 1 unspecified atom stereocenters. The molecule has 0 radical (unpaired) electrons. The van der Waals surface area contributed by atoms with E-state index in [0.717, 1.165) is 32.1 Å². The standard InChI is InChI=1S/C12H20O3/c1-3-4-5-7-12(15-10(2)13)8-6-11(14)9-12/h3-9H2,1-2H3. The zero-order valence-corrected chi connectivity index (χ0v) is 9.67. The number of hydrogen-bond acceptors (Lipinski definition) is 3. The van der Waals surface area contributed by atoms with Crippen LogP contribution >= 0.6 is 0 Å². The van der Waals surface area contributed by atoms with Gasteiger partial charge in [0.1, 0.15) is 11.4 Å². The Bertz CT molecular complexity index is 247. The molecule has 0 bridgehead atoms. The molecule has 0 aromatic rings. The van der Waals surface area contributed by atoms with Crippen molar-refractivity contribution in [3.8, 4) is 0 Å². The van der Waals surface area contributed by atoms with Crippen molar-refractivity contribution in [3.63, 3.8) is 0 Å². The average Bonchev–Trinajstić information content (AvgIpc) is 2.47. The summed E-state index contributed by atoms with van der Waals surface area (Å²) in [6.45, 7) is 3.56. The predicted octanol–water partition coefficient (Wildman–Crippen LogP) is 2.62. The maximum atomic E-state index is 11.3. The van der Waals surface area contributed by atoms with Crippen LogP contribution in [0.25, 0.3) is 0 Å². The molecule has 0 N–H and O–H groups in total. The number of carbonyl (C=O) groups excluding carboxylic acids is 2. The van der Waals surface area contributed by atoms with Crippen LogP contribution in [0.4, 0.5) is 0 Å². The Labute approximate surface area is 91.2 Å². The summed E-state index contributed by atoms with van der Waals surface area (Å²) < 4.78 is 5.36. The minimum absolute atomic E-state index is 0.229. The number of esters is 1. The van der Waals surface area contributed by atoms with Crippen molar-refractivity contribution in [1.82, 2.24) is 0 Å². The van der Waals surface area contributed by atoms with Crippen molar-refractivity contribution in [2.24, 2.45) is 0 Å². The maximum absolute atomic E-state index is 11.3. The molecule has 1 fully saturated rings. The van der Waals surface area contributed by atoms with E-state index in [0.29, 0.717) is 12.8 Å². The smallest absolute Gasteiger partial charge is 0.303 e. The van der Waals surface area contributed by atoms with E-state index in [1.54, 1.807) is 0 Å². The molecule has 1 atom stereocenters. The van der Waals surface area contributed by atoms with E-state index >= 15 is 0 Å². The lowest BCUT2D eigenvalue weighted by Gasteiger charge is -2.27. The van der Waals surface area contributed by atoms with Gasteiger partial charge in [0.05, 0.1) is 0 Å². The van der Waals surface area contributed by atoms with E-state index in [1.807, 2.05) is 0 Å². The van der Waals surface area contributed by atoms with Crippen molar-refractivity contribution in [3.05, 3.63) is 0 Å². The first-order valence-electron chi connectivity index (χ1n) is 5.79. The van der Waals surface area contributed by atoms with E-state index in [2.05, 4.69) is 6.92 Å². The highest BCUT2D eigenvalue weighted by atomic mass is 16.6. The van der Waals surface area contributed by atoms with E-state index in [4.69, 9.17) is 4.74 Å². The van der Waals surface area contributed by atoms with Gasteiger partial charge in [-0.25, -0.2) is 0 Å². The molecule has 1 aliphatic rings. The molecule has 0 aromatic heterocycles. The largest absolute Gasteiger partial charge is 0.459 e. The Hall–Kier alpha value is -0.860. The molecule has 1 rings (SSSR count). The fraction of sp³-hybridized carbons (Fsp3) is 0.833. The number of carbonyl (C=O) groups is 2. The lowest BCUT2D eigenvalue weighted by Crippen LogP contribution is -2.31. The van der Waals surface area contributed by atoms with Crippen LogP contribution in [-0.4, -0.2) is 17.4 Å². The third kappa shape index (κ3) is 3.65. The van der Waals surface area contributed by atoms with Crippen LogP contribution in [-0.2, 0) is 14.3 Å². The summed E-state index contributed by atoms with van der Waals surface area (Å²) in [5, 5.41) is 0. The first-order chi connectivity index (χ1) is 7.08. The second kappa shape index (κ2) is 5.29. The summed E-state index contributed by atoms with van der Waals surface area (Å²) in [4.78, 5) is 22.3. The van der Waals surface area contributed by atoms with Gasteiger partial charge in [-0.15, -0.1) is 0 Å². The molecule has 0 aromatic carbocycles. The summed E-state index contributed by atoms with van der Waals surface area (Å²) in [6.07, 6.45) is 5.87. The summed E-state index contributed by atoms with van der Waals surface area (Å²) in [5.41, 5.74) is -0.460. The van der Waals surface area contributed by atoms with Gasteiger partial charge in [0.2, 0.25) is 0 Å². The molecule has 86 valence electrons. The average molecular weight is 212 g/mol. The molecule has 3 nitrogen and oxygen atoms in total. The van der Waals surface area contributed by atoms with Crippen molar-refractivity contribution < 1.29 is 14.3 Å². The molecule has 0 spiro atoms. The number of hydrogen-bond donors (Lipinski definition) is 0. The highest BCUT2D eigenvalue weighted by Gasteiger charge is 2.40. The number of ketones is 1. The third-order valence-corrected chi connectivity index (χ3v) is 2.97. The van der Waals surface area contributed by atoms with Crippen LogP contribution in [0.2, 0.25) is 0 Å². The molecule has 0 amide bonds. The van der Waals surface area contributed by atoms with Gasteiger partial charge in [-0.2, -0.15) is 0 Å². The molecule has 0 heterocycles. The Morgan fingerprint density at radius 1 is 1.47 bits per heavy atom. The van der Waals surface area contributed by atoms with Gasteiger partial charge in [0.15, 0.2) is 0 Å². The van der Waals surface area contributed by atoms with Crippen LogP contribution in [0.5, 0.6) is 0 Å². The number of Topliss-reactive ketones (excluding diaryl/α,β-unsaturated/α-hetero) is 1. The van der Waals surface area contributed by atoms with Crippen molar-refractivity contribution in [1.29, 1.82) is 0 Å². The van der Waals surface area contributed by atoms with Crippen LogP contribution in [0, 0.1) is 0 Å². The molecule has 0 saturated heterocycles. The van der Waals surface area contributed by atoms with E-state index in [9.17, 15) is 9.59 Å². The molecule has 0 aliphatic heterocycles. The molecular formula is C12H20O3. The van der Waals surface area contributed by atoms with Gasteiger partial charge in [-0.05, 0) is 19.3 Å². The van der Waals surface area contributed by atoms with Gasteiger partial charge < -0.3 is 4.74 Å². The predicted molar refractivity (Wildman–Crippen MR) is 57.5 cm³/mol.